The first-order chi connectivity index (χ1) is 9.79. The van der Waals surface area contributed by atoms with Crippen LogP contribution in [0.4, 0.5) is 0 Å². The van der Waals surface area contributed by atoms with E-state index in [0.717, 1.165) is 12.8 Å². The fourth-order valence-corrected chi connectivity index (χ4v) is 3.67. The molecule has 7 heteroatoms. The maximum atomic E-state index is 12.3. The minimum atomic E-state index is -3.89. The molecule has 1 aliphatic carbocycles. The van der Waals surface area contributed by atoms with Gasteiger partial charge in [-0.3, -0.25) is 4.79 Å². The van der Waals surface area contributed by atoms with Gasteiger partial charge < -0.3 is 5.32 Å². The molecule has 1 aromatic rings. The van der Waals surface area contributed by atoms with Gasteiger partial charge in [0.2, 0.25) is 0 Å². The molecule has 116 valence electrons. The van der Waals surface area contributed by atoms with Gasteiger partial charge in [-0.1, -0.05) is 24.4 Å². The van der Waals surface area contributed by atoms with Crippen LogP contribution < -0.4 is 5.32 Å². The molecule has 1 amide bonds. The third-order valence-corrected chi connectivity index (χ3v) is 5.61. The van der Waals surface area contributed by atoms with Crippen molar-refractivity contribution < 1.29 is 13.2 Å². The molecule has 21 heavy (non-hydrogen) atoms. The predicted molar refractivity (Wildman–Crippen MR) is 83.4 cm³/mol. The fourth-order valence-electron chi connectivity index (χ4n) is 2.69. The highest BCUT2D eigenvalue weighted by atomic mass is 35.7. The van der Waals surface area contributed by atoms with E-state index >= 15 is 0 Å². The summed E-state index contributed by atoms with van der Waals surface area (Å²) < 4.78 is 22.7. The molecular formula is C14H17Cl2NO3S. The summed E-state index contributed by atoms with van der Waals surface area (Å²) in [6.45, 7) is 1.96. The van der Waals surface area contributed by atoms with Crippen molar-refractivity contribution >= 4 is 37.2 Å². The van der Waals surface area contributed by atoms with Gasteiger partial charge in [0.25, 0.3) is 15.0 Å². The number of amides is 1. The molecule has 0 aliphatic heterocycles. The molecule has 1 fully saturated rings. The number of rotatable bonds is 4. The maximum Gasteiger partial charge on any atom is 0.261 e. The molecule has 0 bridgehead atoms. The Bertz CT molecular complexity index is 640. The van der Waals surface area contributed by atoms with E-state index in [4.69, 9.17) is 22.3 Å². The lowest BCUT2D eigenvalue weighted by molar-refractivity contribution is 0.0927. The Morgan fingerprint density at radius 3 is 2.52 bits per heavy atom. The Hall–Kier alpha value is -0.780. The Morgan fingerprint density at radius 2 is 1.95 bits per heavy atom. The monoisotopic (exact) mass is 349 g/mol. The van der Waals surface area contributed by atoms with Gasteiger partial charge >= 0.3 is 0 Å². The second-order valence-corrected chi connectivity index (χ2v) is 8.36. The fraction of sp³-hybridized carbons (Fsp3) is 0.500. The van der Waals surface area contributed by atoms with Gasteiger partial charge in [0, 0.05) is 16.7 Å². The topological polar surface area (TPSA) is 63.2 Å². The van der Waals surface area contributed by atoms with Crippen LogP contribution in [0.1, 0.15) is 43.0 Å². The molecule has 1 unspecified atom stereocenters. The normalized spacial score (nSPS) is 17.7. The molecule has 1 saturated carbocycles. The van der Waals surface area contributed by atoms with Crippen molar-refractivity contribution in [2.45, 2.75) is 43.5 Å². The van der Waals surface area contributed by atoms with Crippen LogP contribution in [0.25, 0.3) is 0 Å². The van der Waals surface area contributed by atoms with E-state index in [1.807, 2.05) is 6.92 Å². The van der Waals surface area contributed by atoms with E-state index in [-0.39, 0.29) is 27.4 Å². The van der Waals surface area contributed by atoms with Crippen molar-refractivity contribution in [3.05, 3.63) is 28.8 Å². The average Bonchev–Trinajstić information content (AvgIpc) is 2.91. The Morgan fingerprint density at radius 1 is 1.33 bits per heavy atom. The highest BCUT2D eigenvalue weighted by Gasteiger charge is 2.24. The van der Waals surface area contributed by atoms with Crippen LogP contribution in [0.15, 0.2) is 23.1 Å². The van der Waals surface area contributed by atoms with Crippen molar-refractivity contribution in [2.75, 3.05) is 0 Å². The van der Waals surface area contributed by atoms with Crippen molar-refractivity contribution in [2.24, 2.45) is 5.92 Å². The first-order valence-corrected chi connectivity index (χ1v) is 9.53. The van der Waals surface area contributed by atoms with Crippen LogP contribution in [-0.4, -0.2) is 20.4 Å². The first-order valence-electron chi connectivity index (χ1n) is 6.84. The number of carbonyl (C=O) groups excluding carboxylic acids is 1. The van der Waals surface area contributed by atoms with E-state index in [2.05, 4.69) is 5.32 Å². The summed E-state index contributed by atoms with van der Waals surface area (Å²) in [6, 6.07) is 3.89. The SMILES string of the molecule is CC(NC(=O)c1cc(S(=O)(=O)Cl)ccc1Cl)C1CCCC1. The third-order valence-electron chi connectivity index (χ3n) is 3.93. The van der Waals surface area contributed by atoms with Crippen molar-refractivity contribution in [1.82, 2.24) is 5.32 Å². The van der Waals surface area contributed by atoms with Crippen LogP contribution in [-0.2, 0) is 9.05 Å². The summed E-state index contributed by atoms with van der Waals surface area (Å²) in [7, 11) is 1.41. The Kier molecular flexibility index (Phi) is 5.17. The standard InChI is InChI=1S/C14H17Cl2NO3S/c1-9(10-4-2-3-5-10)17-14(18)12-8-11(21(16,19)20)6-7-13(12)15/h6-10H,2-5H2,1H3,(H,17,18). The maximum absolute atomic E-state index is 12.3. The summed E-state index contributed by atoms with van der Waals surface area (Å²) >= 11 is 5.99. The molecule has 0 radical (unpaired) electrons. The molecule has 0 heterocycles. The highest BCUT2D eigenvalue weighted by molar-refractivity contribution is 8.13. The van der Waals surface area contributed by atoms with Crippen molar-refractivity contribution in [3.8, 4) is 0 Å². The van der Waals surface area contributed by atoms with Crippen LogP contribution in [0.2, 0.25) is 5.02 Å². The lowest BCUT2D eigenvalue weighted by Gasteiger charge is -2.20. The minimum absolute atomic E-state index is 0.0346. The zero-order valence-electron chi connectivity index (χ0n) is 11.6. The molecular weight excluding hydrogens is 333 g/mol. The summed E-state index contributed by atoms with van der Waals surface area (Å²) in [4.78, 5) is 12.1. The number of hydrogen-bond donors (Lipinski definition) is 1. The second kappa shape index (κ2) is 6.55. The minimum Gasteiger partial charge on any atom is -0.349 e. The largest absolute Gasteiger partial charge is 0.349 e. The molecule has 1 atom stereocenters. The lowest BCUT2D eigenvalue weighted by atomic mass is 9.99. The molecule has 1 aromatic carbocycles. The van der Waals surface area contributed by atoms with E-state index in [1.54, 1.807) is 0 Å². The predicted octanol–water partition coefficient (Wildman–Crippen LogP) is 3.58. The number of halogens is 2. The summed E-state index contributed by atoms with van der Waals surface area (Å²) in [5, 5.41) is 3.10. The van der Waals surface area contributed by atoms with Crippen LogP contribution >= 0.6 is 22.3 Å². The van der Waals surface area contributed by atoms with E-state index in [1.165, 1.54) is 31.0 Å². The van der Waals surface area contributed by atoms with Crippen LogP contribution in [0.3, 0.4) is 0 Å². The Balaban J connectivity index is 2.18. The summed E-state index contributed by atoms with van der Waals surface area (Å²) in [6.07, 6.45) is 4.58. The van der Waals surface area contributed by atoms with Crippen LogP contribution in [0.5, 0.6) is 0 Å². The third kappa shape index (κ3) is 4.11. The molecule has 1 N–H and O–H groups in total. The van der Waals surface area contributed by atoms with E-state index < -0.39 is 9.05 Å². The van der Waals surface area contributed by atoms with Gasteiger partial charge in [0.05, 0.1) is 15.5 Å². The van der Waals surface area contributed by atoms with Gasteiger partial charge in [-0.25, -0.2) is 8.42 Å². The molecule has 0 aromatic heterocycles. The van der Waals surface area contributed by atoms with Gasteiger partial charge in [-0.2, -0.15) is 0 Å². The van der Waals surface area contributed by atoms with Gasteiger partial charge in [0.15, 0.2) is 0 Å². The van der Waals surface area contributed by atoms with E-state index in [9.17, 15) is 13.2 Å². The molecule has 0 spiro atoms. The number of nitrogens with one attached hydrogen (secondary N) is 1. The molecule has 4 nitrogen and oxygen atoms in total. The van der Waals surface area contributed by atoms with Gasteiger partial charge in [0.1, 0.15) is 0 Å². The van der Waals surface area contributed by atoms with Crippen LogP contribution in [0, 0.1) is 5.92 Å². The second-order valence-electron chi connectivity index (χ2n) is 5.39. The number of benzene rings is 1. The van der Waals surface area contributed by atoms with Gasteiger partial charge in [-0.15, -0.1) is 0 Å². The smallest absolute Gasteiger partial charge is 0.261 e. The first kappa shape index (κ1) is 16.6. The average molecular weight is 350 g/mol. The highest BCUT2D eigenvalue weighted by Crippen LogP contribution is 2.28. The summed E-state index contributed by atoms with van der Waals surface area (Å²) in [5.74, 6) is 0.0919. The molecule has 2 rings (SSSR count). The number of hydrogen-bond acceptors (Lipinski definition) is 3. The molecule has 0 saturated heterocycles. The van der Waals surface area contributed by atoms with E-state index in [0.29, 0.717) is 5.92 Å². The Labute approximate surface area is 134 Å². The number of carbonyl (C=O) groups is 1. The zero-order valence-corrected chi connectivity index (χ0v) is 13.9. The van der Waals surface area contributed by atoms with Crippen molar-refractivity contribution in [3.63, 3.8) is 0 Å². The lowest BCUT2D eigenvalue weighted by Crippen LogP contribution is -2.37. The van der Waals surface area contributed by atoms with Gasteiger partial charge in [-0.05, 0) is 43.9 Å². The zero-order chi connectivity index (χ0) is 15.6. The molecule has 1 aliphatic rings. The quantitative estimate of drug-likeness (QED) is 0.845. The van der Waals surface area contributed by atoms with Crippen molar-refractivity contribution in [1.29, 1.82) is 0 Å². The summed E-state index contributed by atoms with van der Waals surface area (Å²) in [5.41, 5.74) is 0.128.